The van der Waals surface area contributed by atoms with E-state index in [1.54, 1.807) is 6.07 Å². The van der Waals surface area contributed by atoms with Crippen molar-refractivity contribution in [2.75, 3.05) is 13.7 Å². The lowest BCUT2D eigenvalue weighted by atomic mass is 10.1. The number of hydrogen-bond acceptors (Lipinski definition) is 4. The molecule has 0 aliphatic heterocycles. The first kappa shape index (κ1) is 15.6. The van der Waals surface area contributed by atoms with Gasteiger partial charge in [-0.05, 0) is 22.0 Å². The van der Waals surface area contributed by atoms with Crippen LogP contribution in [0.1, 0.15) is 10.4 Å². The molecule has 0 N–H and O–H groups in total. The SMILES string of the molecule is COC(=O)c1cnc2c(OCC(F)(F)F)cccc2c1Br. The summed E-state index contributed by atoms with van der Waals surface area (Å²) in [6, 6.07) is 4.51. The minimum Gasteiger partial charge on any atom is -0.482 e. The van der Waals surface area contributed by atoms with Crippen LogP contribution in [0.15, 0.2) is 28.9 Å². The topological polar surface area (TPSA) is 48.4 Å². The Morgan fingerprint density at radius 2 is 2.10 bits per heavy atom. The third kappa shape index (κ3) is 3.44. The zero-order valence-electron chi connectivity index (χ0n) is 10.7. The second-order valence-corrected chi connectivity index (χ2v) is 4.83. The molecule has 4 nitrogen and oxygen atoms in total. The van der Waals surface area contributed by atoms with Gasteiger partial charge in [0.05, 0.1) is 12.7 Å². The monoisotopic (exact) mass is 363 g/mol. The summed E-state index contributed by atoms with van der Waals surface area (Å²) in [6.07, 6.45) is -3.22. The number of nitrogens with zero attached hydrogens (tertiary/aromatic N) is 1. The highest BCUT2D eigenvalue weighted by molar-refractivity contribution is 9.10. The normalized spacial score (nSPS) is 11.5. The highest BCUT2D eigenvalue weighted by atomic mass is 79.9. The van der Waals surface area contributed by atoms with Crippen LogP contribution in [0.2, 0.25) is 0 Å². The molecule has 0 aliphatic carbocycles. The summed E-state index contributed by atoms with van der Waals surface area (Å²) in [5.41, 5.74) is 0.402. The highest BCUT2D eigenvalue weighted by Crippen LogP contribution is 2.32. The van der Waals surface area contributed by atoms with Crippen molar-refractivity contribution >= 4 is 32.8 Å². The third-order valence-electron chi connectivity index (χ3n) is 2.59. The molecule has 0 fully saturated rings. The van der Waals surface area contributed by atoms with Crippen molar-refractivity contribution in [2.45, 2.75) is 6.18 Å². The minimum atomic E-state index is -4.44. The first-order valence-corrected chi connectivity index (χ1v) is 6.48. The zero-order chi connectivity index (χ0) is 15.6. The Hall–Kier alpha value is -1.83. The van der Waals surface area contributed by atoms with Gasteiger partial charge in [0.15, 0.2) is 6.61 Å². The Morgan fingerprint density at radius 3 is 2.71 bits per heavy atom. The van der Waals surface area contributed by atoms with Crippen LogP contribution in [0.25, 0.3) is 10.9 Å². The van der Waals surface area contributed by atoms with E-state index in [2.05, 4.69) is 25.7 Å². The molecule has 0 saturated carbocycles. The average molecular weight is 364 g/mol. The molecule has 0 bridgehead atoms. The summed E-state index contributed by atoms with van der Waals surface area (Å²) in [6.45, 7) is -1.41. The van der Waals surface area contributed by atoms with E-state index < -0.39 is 18.8 Å². The van der Waals surface area contributed by atoms with Crippen LogP contribution in [0.3, 0.4) is 0 Å². The summed E-state index contributed by atoms with van der Waals surface area (Å²) in [4.78, 5) is 15.5. The molecule has 0 saturated heterocycles. The number of halogens is 4. The lowest BCUT2D eigenvalue weighted by molar-refractivity contribution is -0.153. The van der Waals surface area contributed by atoms with Gasteiger partial charge in [0.25, 0.3) is 0 Å². The second kappa shape index (κ2) is 5.88. The molecular weight excluding hydrogens is 355 g/mol. The van der Waals surface area contributed by atoms with E-state index in [1.165, 1.54) is 25.4 Å². The third-order valence-corrected chi connectivity index (χ3v) is 3.45. The quantitative estimate of drug-likeness (QED) is 0.779. The van der Waals surface area contributed by atoms with Crippen molar-refractivity contribution in [3.63, 3.8) is 0 Å². The van der Waals surface area contributed by atoms with Gasteiger partial charge in [0.1, 0.15) is 11.3 Å². The van der Waals surface area contributed by atoms with Gasteiger partial charge in [-0.1, -0.05) is 12.1 Å². The second-order valence-electron chi connectivity index (χ2n) is 4.03. The smallest absolute Gasteiger partial charge is 0.422 e. The van der Waals surface area contributed by atoms with E-state index in [9.17, 15) is 18.0 Å². The van der Waals surface area contributed by atoms with Gasteiger partial charge >= 0.3 is 12.1 Å². The number of benzene rings is 1. The number of aromatic nitrogens is 1. The molecule has 1 aromatic heterocycles. The molecule has 0 atom stereocenters. The maximum atomic E-state index is 12.2. The fraction of sp³-hybridized carbons (Fsp3) is 0.231. The summed E-state index contributed by atoms with van der Waals surface area (Å²) in [5, 5.41) is 0.456. The molecule has 112 valence electrons. The molecule has 0 amide bonds. The minimum absolute atomic E-state index is 0.0121. The predicted octanol–water partition coefficient (Wildman–Crippen LogP) is 3.73. The van der Waals surface area contributed by atoms with Gasteiger partial charge < -0.3 is 9.47 Å². The Kier molecular flexibility index (Phi) is 4.36. The van der Waals surface area contributed by atoms with E-state index in [0.717, 1.165) is 0 Å². The number of alkyl halides is 3. The van der Waals surface area contributed by atoms with Crippen LogP contribution in [0.4, 0.5) is 13.2 Å². The first-order chi connectivity index (χ1) is 9.83. The van der Waals surface area contributed by atoms with Crippen LogP contribution in [-0.2, 0) is 4.74 Å². The van der Waals surface area contributed by atoms with Crippen LogP contribution >= 0.6 is 15.9 Å². The van der Waals surface area contributed by atoms with Crippen molar-refractivity contribution in [1.29, 1.82) is 0 Å². The number of para-hydroxylation sites is 1. The van der Waals surface area contributed by atoms with Crippen molar-refractivity contribution in [3.8, 4) is 5.75 Å². The maximum absolute atomic E-state index is 12.2. The number of pyridine rings is 1. The van der Waals surface area contributed by atoms with Crippen LogP contribution < -0.4 is 4.74 Å². The molecule has 21 heavy (non-hydrogen) atoms. The number of methoxy groups -OCH3 is 1. The van der Waals surface area contributed by atoms with Gasteiger partial charge in [-0.15, -0.1) is 0 Å². The Bertz CT molecular complexity index is 688. The van der Waals surface area contributed by atoms with Crippen LogP contribution in [0.5, 0.6) is 5.75 Å². The fourth-order valence-electron chi connectivity index (χ4n) is 1.69. The van der Waals surface area contributed by atoms with E-state index in [4.69, 9.17) is 4.74 Å². The van der Waals surface area contributed by atoms with Gasteiger partial charge in [-0.25, -0.2) is 4.79 Å². The molecule has 2 aromatic rings. The average Bonchev–Trinajstić information content (AvgIpc) is 2.44. The molecule has 0 radical (unpaired) electrons. The summed E-state index contributed by atoms with van der Waals surface area (Å²) in [7, 11) is 1.22. The zero-order valence-corrected chi connectivity index (χ0v) is 12.3. The molecule has 0 aliphatic rings. The fourth-order valence-corrected chi connectivity index (χ4v) is 2.28. The van der Waals surface area contributed by atoms with E-state index in [0.29, 0.717) is 9.86 Å². The van der Waals surface area contributed by atoms with Crippen LogP contribution in [0, 0.1) is 0 Å². The number of fused-ring (bicyclic) bond motifs is 1. The lowest BCUT2D eigenvalue weighted by Gasteiger charge is -2.12. The molecule has 1 aromatic carbocycles. The molecule has 2 rings (SSSR count). The van der Waals surface area contributed by atoms with Gasteiger partial charge in [-0.2, -0.15) is 13.2 Å². The molecular formula is C13H9BrF3NO3. The number of hydrogen-bond donors (Lipinski definition) is 0. The van der Waals surface area contributed by atoms with Crippen molar-refractivity contribution in [2.24, 2.45) is 0 Å². The highest BCUT2D eigenvalue weighted by Gasteiger charge is 2.29. The Balaban J connectivity index is 2.47. The first-order valence-electron chi connectivity index (χ1n) is 5.68. The summed E-state index contributed by atoms with van der Waals surface area (Å²) < 4.78 is 46.4. The lowest BCUT2D eigenvalue weighted by Crippen LogP contribution is -2.19. The Labute approximate surface area is 126 Å². The van der Waals surface area contributed by atoms with Gasteiger partial charge in [0.2, 0.25) is 0 Å². The van der Waals surface area contributed by atoms with Crippen molar-refractivity contribution < 1.29 is 27.4 Å². The number of ether oxygens (including phenoxy) is 2. The number of carbonyl (C=O) groups is 1. The van der Waals surface area contributed by atoms with E-state index in [1.807, 2.05) is 0 Å². The molecule has 0 spiro atoms. The largest absolute Gasteiger partial charge is 0.482 e. The predicted molar refractivity (Wildman–Crippen MR) is 72.3 cm³/mol. The summed E-state index contributed by atoms with van der Waals surface area (Å²) in [5.74, 6) is -0.611. The maximum Gasteiger partial charge on any atom is 0.422 e. The molecule has 0 unspecified atom stereocenters. The number of rotatable bonds is 3. The summed E-state index contributed by atoms with van der Waals surface area (Å²) >= 11 is 3.23. The molecule has 8 heteroatoms. The standard InChI is InChI=1S/C13H9BrF3NO3/c1-20-12(19)8-5-18-11-7(10(8)14)3-2-4-9(11)21-6-13(15,16)17/h2-5H,6H2,1H3. The van der Waals surface area contributed by atoms with Gasteiger partial charge in [0, 0.05) is 16.1 Å². The van der Waals surface area contributed by atoms with E-state index in [-0.39, 0.29) is 16.8 Å². The Morgan fingerprint density at radius 1 is 1.38 bits per heavy atom. The molecule has 1 heterocycles. The number of carbonyl (C=O) groups excluding carboxylic acids is 1. The number of esters is 1. The van der Waals surface area contributed by atoms with Crippen LogP contribution in [-0.4, -0.2) is 30.8 Å². The van der Waals surface area contributed by atoms with Crippen molar-refractivity contribution in [3.05, 3.63) is 34.4 Å². The van der Waals surface area contributed by atoms with Gasteiger partial charge in [-0.3, -0.25) is 4.98 Å². The van der Waals surface area contributed by atoms with E-state index >= 15 is 0 Å². The van der Waals surface area contributed by atoms with Crippen molar-refractivity contribution in [1.82, 2.24) is 4.98 Å².